The van der Waals surface area contributed by atoms with Crippen molar-refractivity contribution in [1.29, 1.82) is 0 Å². The van der Waals surface area contributed by atoms with Crippen LogP contribution in [0.1, 0.15) is 29.8 Å². The van der Waals surface area contributed by atoms with Crippen molar-refractivity contribution in [3.8, 4) is 0 Å². The Hall–Kier alpha value is -2.83. The molecule has 1 atom stereocenters. The van der Waals surface area contributed by atoms with Gasteiger partial charge in [0.25, 0.3) is 0 Å². The summed E-state index contributed by atoms with van der Waals surface area (Å²) in [7, 11) is 0. The zero-order valence-corrected chi connectivity index (χ0v) is 14.4. The Bertz CT molecular complexity index is 683. The van der Waals surface area contributed by atoms with Gasteiger partial charge in [-0.3, -0.25) is 4.90 Å². The van der Waals surface area contributed by atoms with Crippen molar-refractivity contribution in [2.24, 2.45) is 0 Å². The van der Waals surface area contributed by atoms with Gasteiger partial charge in [-0.1, -0.05) is 43.3 Å². The van der Waals surface area contributed by atoms with Crippen molar-refractivity contribution in [3.63, 3.8) is 0 Å². The van der Waals surface area contributed by atoms with Crippen LogP contribution in [0.25, 0.3) is 0 Å². The molecule has 1 fully saturated rings. The SMILES string of the molecule is Cc1cc(C)[n-]n1.O=C(O)C1CCCN1C(=O)OCc1ccccc1. The van der Waals surface area contributed by atoms with Gasteiger partial charge >= 0.3 is 12.1 Å². The molecule has 0 bridgehead atoms. The Balaban J connectivity index is 0.000000269. The third kappa shape index (κ3) is 5.63. The number of rotatable bonds is 3. The van der Waals surface area contributed by atoms with E-state index in [-0.39, 0.29) is 6.61 Å². The number of carbonyl (C=O) groups excluding carboxylic acids is 1. The number of carboxylic acid groups (broad SMARTS) is 1. The smallest absolute Gasteiger partial charge is 0.410 e. The Morgan fingerprint density at radius 3 is 2.56 bits per heavy atom. The maximum absolute atomic E-state index is 11.8. The lowest BCUT2D eigenvalue weighted by Gasteiger charge is -2.20. The Morgan fingerprint density at radius 2 is 2.04 bits per heavy atom. The Kier molecular flexibility index (Phi) is 6.56. The lowest BCUT2D eigenvalue weighted by molar-refractivity contribution is -0.141. The fourth-order valence-electron chi connectivity index (χ4n) is 2.56. The summed E-state index contributed by atoms with van der Waals surface area (Å²) in [6, 6.07) is 10.5. The average Bonchev–Trinajstić information content (AvgIpc) is 3.23. The molecule has 1 N–H and O–H groups in total. The first-order valence-electron chi connectivity index (χ1n) is 8.11. The van der Waals surface area contributed by atoms with Crippen LogP contribution < -0.4 is 5.10 Å². The van der Waals surface area contributed by atoms with E-state index >= 15 is 0 Å². The van der Waals surface area contributed by atoms with Crippen LogP contribution >= 0.6 is 0 Å². The molecule has 25 heavy (non-hydrogen) atoms. The van der Waals surface area contributed by atoms with E-state index in [2.05, 4.69) is 10.2 Å². The van der Waals surface area contributed by atoms with Crippen LogP contribution in [-0.2, 0) is 16.1 Å². The van der Waals surface area contributed by atoms with Gasteiger partial charge in [-0.05, 0) is 25.3 Å². The number of likely N-dealkylation sites (tertiary alicyclic amines) is 1. The molecule has 1 aliphatic rings. The molecular weight excluding hydrogens is 322 g/mol. The highest BCUT2D eigenvalue weighted by molar-refractivity contribution is 5.80. The van der Waals surface area contributed by atoms with Gasteiger partial charge < -0.3 is 20.0 Å². The molecule has 2 heterocycles. The first-order valence-corrected chi connectivity index (χ1v) is 8.11. The number of hydrogen-bond donors (Lipinski definition) is 1. The van der Waals surface area contributed by atoms with Crippen LogP contribution in [0.2, 0.25) is 0 Å². The van der Waals surface area contributed by atoms with Crippen molar-refractivity contribution in [2.45, 2.75) is 39.3 Å². The second-order valence-corrected chi connectivity index (χ2v) is 5.86. The van der Waals surface area contributed by atoms with Crippen molar-refractivity contribution >= 4 is 12.1 Å². The van der Waals surface area contributed by atoms with Crippen LogP contribution in [-0.4, -0.2) is 39.8 Å². The van der Waals surface area contributed by atoms with Gasteiger partial charge in [-0.25, -0.2) is 9.59 Å². The van der Waals surface area contributed by atoms with Crippen molar-refractivity contribution < 1.29 is 19.4 Å². The quantitative estimate of drug-likeness (QED) is 0.919. The number of carboxylic acids is 1. The third-order valence-electron chi connectivity index (χ3n) is 3.76. The summed E-state index contributed by atoms with van der Waals surface area (Å²) < 4.78 is 5.12. The van der Waals surface area contributed by atoms with Crippen LogP contribution in [0, 0.1) is 13.8 Å². The molecule has 7 nitrogen and oxygen atoms in total. The number of carbonyl (C=O) groups is 2. The van der Waals surface area contributed by atoms with Gasteiger partial charge in [0.1, 0.15) is 12.6 Å². The van der Waals surface area contributed by atoms with E-state index in [9.17, 15) is 9.59 Å². The van der Waals surface area contributed by atoms with Crippen LogP contribution in [0.4, 0.5) is 4.79 Å². The van der Waals surface area contributed by atoms with E-state index in [1.54, 1.807) is 0 Å². The van der Waals surface area contributed by atoms with E-state index in [0.717, 1.165) is 17.0 Å². The van der Waals surface area contributed by atoms with Crippen molar-refractivity contribution in [1.82, 2.24) is 15.1 Å². The first kappa shape index (κ1) is 18.5. The number of aryl methyl sites for hydroxylation is 2. The second kappa shape index (κ2) is 8.86. The predicted molar refractivity (Wildman–Crippen MR) is 91.0 cm³/mol. The second-order valence-electron chi connectivity index (χ2n) is 5.86. The summed E-state index contributed by atoms with van der Waals surface area (Å²) in [5, 5.41) is 16.5. The number of benzene rings is 1. The maximum Gasteiger partial charge on any atom is 0.410 e. The van der Waals surface area contributed by atoms with Gasteiger partial charge in [-0.15, -0.1) is 5.69 Å². The van der Waals surface area contributed by atoms with Gasteiger partial charge in [0, 0.05) is 12.2 Å². The summed E-state index contributed by atoms with van der Waals surface area (Å²) in [5.41, 5.74) is 2.88. The zero-order valence-electron chi connectivity index (χ0n) is 14.4. The molecule has 7 heteroatoms. The number of hydrogen-bond acceptors (Lipinski definition) is 4. The molecule has 0 radical (unpaired) electrons. The normalized spacial score (nSPS) is 16.1. The molecule has 1 aliphatic heterocycles. The summed E-state index contributed by atoms with van der Waals surface area (Å²) >= 11 is 0. The summed E-state index contributed by atoms with van der Waals surface area (Å²) in [6.45, 7) is 4.48. The highest BCUT2D eigenvalue weighted by Gasteiger charge is 2.34. The minimum atomic E-state index is -0.968. The summed E-state index contributed by atoms with van der Waals surface area (Å²) in [6.07, 6.45) is 0.649. The topological polar surface area (TPSA) is 93.8 Å². The van der Waals surface area contributed by atoms with Crippen LogP contribution in [0.3, 0.4) is 0 Å². The number of ether oxygens (including phenoxy) is 1. The van der Waals surface area contributed by atoms with E-state index in [4.69, 9.17) is 9.84 Å². The molecule has 2 aromatic rings. The highest BCUT2D eigenvalue weighted by atomic mass is 16.6. The number of nitrogens with zero attached hydrogens (tertiary/aromatic N) is 3. The lowest BCUT2D eigenvalue weighted by atomic mass is 10.2. The van der Waals surface area contributed by atoms with E-state index < -0.39 is 18.1 Å². The molecule has 0 saturated carbocycles. The minimum Gasteiger partial charge on any atom is -0.579 e. The fourth-order valence-corrected chi connectivity index (χ4v) is 2.56. The van der Waals surface area contributed by atoms with E-state index in [1.165, 1.54) is 4.90 Å². The van der Waals surface area contributed by atoms with Crippen molar-refractivity contribution in [2.75, 3.05) is 6.54 Å². The van der Waals surface area contributed by atoms with Crippen LogP contribution in [0.5, 0.6) is 0 Å². The highest BCUT2D eigenvalue weighted by Crippen LogP contribution is 2.18. The molecule has 1 aromatic carbocycles. The molecule has 1 unspecified atom stereocenters. The molecular formula is C18H22N3O4-. The number of amides is 1. The first-order chi connectivity index (χ1) is 12.0. The van der Waals surface area contributed by atoms with E-state index in [1.807, 2.05) is 50.2 Å². The average molecular weight is 344 g/mol. The van der Waals surface area contributed by atoms with Crippen LogP contribution in [0.15, 0.2) is 36.4 Å². The summed E-state index contributed by atoms with van der Waals surface area (Å²) in [5.74, 6) is -0.968. The zero-order chi connectivity index (χ0) is 18.2. The molecule has 1 saturated heterocycles. The summed E-state index contributed by atoms with van der Waals surface area (Å²) in [4.78, 5) is 24.0. The minimum absolute atomic E-state index is 0.169. The van der Waals surface area contributed by atoms with Crippen molar-refractivity contribution in [3.05, 3.63) is 53.3 Å². The fraction of sp³-hybridized carbons (Fsp3) is 0.389. The lowest BCUT2D eigenvalue weighted by Crippen LogP contribution is -2.40. The Labute approximate surface area is 146 Å². The number of aromatic nitrogens is 2. The standard InChI is InChI=1S/C13H15NO4.C5H7N2/c15-12(16)11-7-4-8-14(11)13(17)18-9-10-5-2-1-3-6-10;1-4-3-5(2)7-6-4/h1-3,5-6,11H,4,7-9H2,(H,15,16);3H,1-2H3/q;-1. The van der Waals surface area contributed by atoms with Gasteiger partial charge in [0.2, 0.25) is 0 Å². The monoisotopic (exact) mass is 344 g/mol. The van der Waals surface area contributed by atoms with Gasteiger partial charge in [0.05, 0.1) is 0 Å². The Morgan fingerprint density at radius 1 is 1.32 bits per heavy atom. The van der Waals surface area contributed by atoms with E-state index in [0.29, 0.717) is 19.4 Å². The number of aliphatic carboxylic acids is 1. The van der Waals surface area contributed by atoms with Gasteiger partial charge in [-0.2, -0.15) is 0 Å². The molecule has 3 rings (SSSR count). The molecule has 1 amide bonds. The predicted octanol–water partition coefficient (Wildman–Crippen LogP) is 2.53. The molecule has 134 valence electrons. The largest absolute Gasteiger partial charge is 0.579 e. The molecule has 1 aromatic heterocycles. The maximum atomic E-state index is 11.8. The molecule has 0 spiro atoms. The van der Waals surface area contributed by atoms with Gasteiger partial charge in [0.15, 0.2) is 0 Å². The third-order valence-corrected chi connectivity index (χ3v) is 3.76. The molecule has 0 aliphatic carbocycles.